The Morgan fingerprint density at radius 2 is 1.87 bits per heavy atom. The summed E-state index contributed by atoms with van der Waals surface area (Å²) in [6.45, 7) is 5.47. The number of likely N-dealkylation sites (N-methyl/N-ethyl adjacent to an activating group) is 1. The second-order valence-corrected chi connectivity index (χ2v) is 7.71. The number of carbonyl (C=O) groups excluding carboxylic acids is 2. The lowest BCUT2D eigenvalue weighted by atomic mass is 10.0. The van der Waals surface area contributed by atoms with E-state index in [2.05, 4.69) is 16.8 Å². The molecule has 0 bridgehead atoms. The normalized spacial score (nSPS) is 16.5. The van der Waals surface area contributed by atoms with Crippen LogP contribution in [-0.4, -0.2) is 59.3 Å². The molecule has 1 saturated heterocycles. The van der Waals surface area contributed by atoms with Gasteiger partial charge in [-0.3, -0.25) is 19.5 Å². The molecule has 0 aliphatic carbocycles. The third kappa shape index (κ3) is 5.89. The molecule has 1 unspecified atom stereocenters. The lowest BCUT2D eigenvalue weighted by Gasteiger charge is -2.39. The van der Waals surface area contributed by atoms with Gasteiger partial charge in [-0.2, -0.15) is 0 Å². The second-order valence-electron chi connectivity index (χ2n) is 7.71. The highest BCUT2D eigenvalue weighted by Gasteiger charge is 2.27. The van der Waals surface area contributed by atoms with Crippen LogP contribution in [0.15, 0.2) is 48.8 Å². The van der Waals surface area contributed by atoms with Crippen LogP contribution in [0.25, 0.3) is 0 Å². The summed E-state index contributed by atoms with van der Waals surface area (Å²) in [5.41, 5.74) is 1.86. The summed E-state index contributed by atoms with van der Waals surface area (Å²) >= 11 is 0. The molecule has 0 spiro atoms. The molecule has 3 rings (SSSR count). The molecule has 0 saturated carbocycles. The number of nitrogens with zero attached hydrogens (tertiary/aromatic N) is 3. The number of benzene rings is 1. The largest absolute Gasteiger partial charge is 0.497 e. The lowest BCUT2D eigenvalue weighted by molar-refractivity contribution is -0.133. The fraction of sp³-hybridized carbons (Fsp3) is 0.458. The number of piperidine rings is 1. The van der Waals surface area contributed by atoms with Crippen molar-refractivity contribution in [2.24, 2.45) is 0 Å². The third-order valence-electron chi connectivity index (χ3n) is 5.78. The minimum Gasteiger partial charge on any atom is -0.497 e. The van der Waals surface area contributed by atoms with Gasteiger partial charge < -0.3 is 9.64 Å². The Bertz CT molecular complexity index is 823. The van der Waals surface area contributed by atoms with Gasteiger partial charge in [0.05, 0.1) is 7.11 Å². The molecule has 2 aromatic rings. The molecule has 1 aliphatic rings. The van der Waals surface area contributed by atoms with E-state index < -0.39 is 0 Å². The van der Waals surface area contributed by atoms with Gasteiger partial charge in [-0.05, 0) is 61.3 Å². The Hall–Kier alpha value is -2.73. The van der Waals surface area contributed by atoms with E-state index in [0.29, 0.717) is 17.4 Å². The summed E-state index contributed by atoms with van der Waals surface area (Å²) in [5, 5.41) is 0. The van der Waals surface area contributed by atoms with E-state index in [9.17, 15) is 9.59 Å². The first-order valence-corrected chi connectivity index (χ1v) is 10.7. The molecule has 1 aliphatic heterocycles. The van der Waals surface area contributed by atoms with Gasteiger partial charge in [-0.1, -0.05) is 6.92 Å². The monoisotopic (exact) mass is 409 g/mol. The zero-order chi connectivity index (χ0) is 21.3. The van der Waals surface area contributed by atoms with Crippen LogP contribution in [0.4, 0.5) is 0 Å². The molecular weight excluding hydrogens is 378 g/mol. The maximum Gasteiger partial charge on any atom is 0.223 e. The standard InChI is InChI=1S/C24H31N3O3/c1-3-26(17-19-12-14-25-15-13-19)21-5-4-16-27(18-21)24(29)11-10-23(28)20-6-8-22(30-2)9-7-20/h6-9,12-15,21H,3-5,10-11,16-18H2,1-2H3. The van der Waals surface area contributed by atoms with Crippen molar-refractivity contribution in [2.75, 3.05) is 26.7 Å². The van der Waals surface area contributed by atoms with Gasteiger partial charge in [0, 0.05) is 56.5 Å². The van der Waals surface area contributed by atoms with Crippen molar-refractivity contribution < 1.29 is 14.3 Å². The highest BCUT2D eigenvalue weighted by molar-refractivity contribution is 5.98. The molecule has 1 aromatic carbocycles. The zero-order valence-electron chi connectivity index (χ0n) is 17.9. The van der Waals surface area contributed by atoms with Crippen molar-refractivity contribution in [3.05, 3.63) is 59.9 Å². The molecule has 1 atom stereocenters. The number of pyridine rings is 1. The molecule has 6 nitrogen and oxygen atoms in total. The van der Waals surface area contributed by atoms with E-state index in [0.717, 1.165) is 39.0 Å². The first-order valence-electron chi connectivity index (χ1n) is 10.7. The van der Waals surface area contributed by atoms with Gasteiger partial charge in [0.1, 0.15) is 5.75 Å². The average Bonchev–Trinajstić information content (AvgIpc) is 2.81. The maximum absolute atomic E-state index is 12.8. The predicted molar refractivity (Wildman–Crippen MR) is 116 cm³/mol. The number of hydrogen-bond donors (Lipinski definition) is 0. The first kappa shape index (κ1) is 22.0. The second kappa shape index (κ2) is 10.9. The number of rotatable bonds is 9. The van der Waals surface area contributed by atoms with E-state index in [-0.39, 0.29) is 24.5 Å². The molecule has 1 fully saturated rings. The number of methoxy groups -OCH3 is 1. The van der Waals surface area contributed by atoms with Crippen molar-refractivity contribution >= 4 is 11.7 Å². The molecule has 2 heterocycles. The Labute approximate surface area is 178 Å². The third-order valence-corrected chi connectivity index (χ3v) is 5.78. The molecule has 30 heavy (non-hydrogen) atoms. The first-order chi connectivity index (χ1) is 14.6. The van der Waals surface area contributed by atoms with Crippen LogP contribution in [0.5, 0.6) is 5.75 Å². The maximum atomic E-state index is 12.8. The number of hydrogen-bond acceptors (Lipinski definition) is 5. The van der Waals surface area contributed by atoms with Crippen LogP contribution in [-0.2, 0) is 11.3 Å². The van der Waals surface area contributed by atoms with Crippen LogP contribution in [0.2, 0.25) is 0 Å². The molecule has 1 amide bonds. The summed E-state index contributed by atoms with van der Waals surface area (Å²) < 4.78 is 5.12. The van der Waals surface area contributed by atoms with Crippen LogP contribution in [0, 0.1) is 0 Å². The Kier molecular flexibility index (Phi) is 7.97. The van der Waals surface area contributed by atoms with Crippen LogP contribution < -0.4 is 4.74 Å². The zero-order valence-corrected chi connectivity index (χ0v) is 17.9. The highest BCUT2D eigenvalue weighted by atomic mass is 16.5. The number of aromatic nitrogens is 1. The van der Waals surface area contributed by atoms with Crippen molar-refractivity contribution in [1.82, 2.24) is 14.8 Å². The number of ether oxygens (including phenoxy) is 1. The Morgan fingerprint density at radius 3 is 2.53 bits per heavy atom. The molecule has 6 heteroatoms. The van der Waals surface area contributed by atoms with Crippen molar-refractivity contribution in [1.29, 1.82) is 0 Å². The molecule has 1 aromatic heterocycles. The number of amides is 1. The van der Waals surface area contributed by atoms with Crippen molar-refractivity contribution in [3.63, 3.8) is 0 Å². The topological polar surface area (TPSA) is 62.7 Å². The van der Waals surface area contributed by atoms with Crippen LogP contribution >= 0.6 is 0 Å². The van der Waals surface area contributed by atoms with Crippen LogP contribution in [0.1, 0.15) is 48.5 Å². The highest BCUT2D eigenvalue weighted by Crippen LogP contribution is 2.20. The van der Waals surface area contributed by atoms with Gasteiger partial charge in [-0.25, -0.2) is 0 Å². The lowest BCUT2D eigenvalue weighted by Crippen LogP contribution is -2.49. The fourth-order valence-electron chi connectivity index (χ4n) is 4.00. The van der Waals surface area contributed by atoms with Gasteiger partial charge in [0.25, 0.3) is 0 Å². The summed E-state index contributed by atoms with van der Waals surface area (Å²) in [7, 11) is 1.60. The van der Waals surface area contributed by atoms with E-state index in [4.69, 9.17) is 4.74 Å². The molecule has 0 radical (unpaired) electrons. The van der Waals surface area contributed by atoms with E-state index in [1.807, 2.05) is 29.4 Å². The summed E-state index contributed by atoms with van der Waals surface area (Å²) in [6, 6.07) is 11.5. The van der Waals surface area contributed by atoms with Gasteiger partial charge in [-0.15, -0.1) is 0 Å². The minimum atomic E-state index is -0.00701. The van der Waals surface area contributed by atoms with E-state index in [1.165, 1.54) is 5.56 Å². The number of likely N-dealkylation sites (tertiary alicyclic amines) is 1. The SMILES string of the molecule is CCN(Cc1ccncc1)C1CCCN(C(=O)CCC(=O)c2ccc(OC)cc2)C1. The molecular formula is C24H31N3O3. The predicted octanol–water partition coefficient (Wildman–Crippen LogP) is 3.57. The Morgan fingerprint density at radius 1 is 1.13 bits per heavy atom. The number of ketones is 1. The summed E-state index contributed by atoms with van der Waals surface area (Å²) in [4.78, 5) is 33.7. The van der Waals surface area contributed by atoms with E-state index >= 15 is 0 Å². The number of carbonyl (C=O) groups is 2. The average molecular weight is 410 g/mol. The van der Waals surface area contributed by atoms with Crippen molar-refractivity contribution in [3.8, 4) is 5.75 Å². The fourth-order valence-corrected chi connectivity index (χ4v) is 4.00. The molecule has 160 valence electrons. The summed E-state index contributed by atoms with van der Waals surface area (Å²) in [5.74, 6) is 0.781. The van der Waals surface area contributed by atoms with Crippen LogP contribution in [0.3, 0.4) is 0 Å². The van der Waals surface area contributed by atoms with Gasteiger partial charge in [0.15, 0.2) is 5.78 Å². The van der Waals surface area contributed by atoms with E-state index in [1.54, 1.807) is 31.4 Å². The quantitative estimate of drug-likeness (QED) is 0.593. The Balaban J connectivity index is 1.52. The smallest absolute Gasteiger partial charge is 0.223 e. The van der Waals surface area contributed by atoms with Crippen molar-refractivity contribution in [2.45, 2.75) is 45.2 Å². The van der Waals surface area contributed by atoms with Gasteiger partial charge in [0.2, 0.25) is 5.91 Å². The number of Topliss-reactive ketones (excluding diaryl/α,β-unsaturated/α-hetero) is 1. The van der Waals surface area contributed by atoms with Gasteiger partial charge >= 0.3 is 0 Å². The summed E-state index contributed by atoms with van der Waals surface area (Å²) in [6.07, 6.45) is 6.22. The minimum absolute atomic E-state index is 0.00701. The molecule has 0 N–H and O–H groups in total.